The molecule has 0 fully saturated rings. The van der Waals surface area contributed by atoms with Crippen LogP contribution < -0.4 is 4.72 Å². The molecule has 0 saturated carbocycles. The van der Waals surface area contributed by atoms with Crippen molar-refractivity contribution >= 4 is 26.6 Å². The maximum Gasteiger partial charge on any atom is 0.262 e. The molecule has 0 saturated heterocycles. The Labute approximate surface area is 158 Å². The van der Waals surface area contributed by atoms with E-state index in [1.807, 2.05) is 24.3 Å². The highest BCUT2D eigenvalue weighted by molar-refractivity contribution is 7.89. The van der Waals surface area contributed by atoms with Gasteiger partial charge >= 0.3 is 0 Å². The van der Waals surface area contributed by atoms with Crippen LogP contribution in [-0.2, 0) is 19.6 Å². The number of ketones is 1. The smallest absolute Gasteiger partial charge is 0.262 e. The molecular formula is C21H19NO4S. The van der Waals surface area contributed by atoms with E-state index in [0.717, 1.165) is 5.39 Å². The largest absolute Gasteiger partial charge is 0.490 e. The number of rotatable bonds is 4. The molecule has 0 spiro atoms. The van der Waals surface area contributed by atoms with Crippen LogP contribution >= 0.6 is 0 Å². The lowest BCUT2D eigenvalue weighted by molar-refractivity contribution is -0.113. The van der Waals surface area contributed by atoms with Crippen LogP contribution in [0.2, 0.25) is 0 Å². The third kappa shape index (κ3) is 3.06. The number of benzene rings is 2. The lowest BCUT2D eigenvalue weighted by Gasteiger charge is -2.21. The minimum atomic E-state index is -3.78. The van der Waals surface area contributed by atoms with E-state index >= 15 is 0 Å². The monoisotopic (exact) mass is 381 g/mol. The topological polar surface area (TPSA) is 72.5 Å². The van der Waals surface area contributed by atoms with Crippen LogP contribution in [0.25, 0.3) is 10.8 Å². The van der Waals surface area contributed by atoms with Gasteiger partial charge in [-0.15, -0.1) is 0 Å². The van der Waals surface area contributed by atoms with Crippen molar-refractivity contribution in [1.29, 1.82) is 0 Å². The van der Waals surface area contributed by atoms with Gasteiger partial charge < -0.3 is 4.74 Å². The highest BCUT2D eigenvalue weighted by Gasteiger charge is 2.36. The molecule has 1 N–H and O–H groups in total. The van der Waals surface area contributed by atoms with Crippen LogP contribution in [0.1, 0.15) is 13.8 Å². The number of allylic oxidation sites excluding steroid dienone is 2. The maximum atomic E-state index is 13.0. The Hall–Kier alpha value is -2.86. The predicted octanol–water partition coefficient (Wildman–Crippen LogP) is 3.45. The SMILES string of the molecule is CC(=O)C1=C(C)O[C@H]2C=CC(NS(=O)(=O)c3cccc4ccccc34)=C[C@@H]12. The summed E-state index contributed by atoms with van der Waals surface area (Å²) in [5.74, 6) is 0.247. The van der Waals surface area contributed by atoms with Crippen molar-refractivity contribution in [2.45, 2.75) is 24.8 Å². The molecule has 1 heterocycles. The maximum absolute atomic E-state index is 13.0. The van der Waals surface area contributed by atoms with E-state index < -0.39 is 10.0 Å². The van der Waals surface area contributed by atoms with Gasteiger partial charge in [-0.3, -0.25) is 9.52 Å². The second kappa shape index (κ2) is 6.39. The number of Topliss-reactive ketones (excluding diaryl/α,β-unsaturated/α-hetero) is 1. The van der Waals surface area contributed by atoms with E-state index in [9.17, 15) is 13.2 Å². The van der Waals surface area contributed by atoms with E-state index in [1.54, 1.807) is 43.4 Å². The molecule has 27 heavy (non-hydrogen) atoms. The summed E-state index contributed by atoms with van der Waals surface area (Å²) >= 11 is 0. The second-order valence-electron chi connectivity index (χ2n) is 6.70. The average molecular weight is 381 g/mol. The molecule has 2 aliphatic rings. The molecule has 2 aromatic carbocycles. The summed E-state index contributed by atoms with van der Waals surface area (Å²) in [4.78, 5) is 12.2. The van der Waals surface area contributed by atoms with Crippen LogP contribution in [-0.4, -0.2) is 20.3 Å². The van der Waals surface area contributed by atoms with Crippen LogP contribution in [0.4, 0.5) is 0 Å². The highest BCUT2D eigenvalue weighted by Crippen LogP contribution is 2.36. The summed E-state index contributed by atoms with van der Waals surface area (Å²) in [5.41, 5.74) is 1.02. The van der Waals surface area contributed by atoms with Crippen LogP contribution in [0, 0.1) is 5.92 Å². The fourth-order valence-electron chi connectivity index (χ4n) is 3.72. The number of sulfonamides is 1. The Kier molecular flexibility index (Phi) is 4.15. The Bertz CT molecular complexity index is 1140. The van der Waals surface area contributed by atoms with Gasteiger partial charge in [0.1, 0.15) is 11.9 Å². The summed E-state index contributed by atoms with van der Waals surface area (Å²) in [6.45, 7) is 3.26. The van der Waals surface area contributed by atoms with Gasteiger partial charge in [-0.2, -0.15) is 0 Å². The van der Waals surface area contributed by atoms with Crippen LogP contribution in [0.5, 0.6) is 0 Å². The Balaban J connectivity index is 1.69. The first-order valence-electron chi connectivity index (χ1n) is 8.66. The standard InChI is InChI=1S/C21H19NO4S/c1-13(23)21-14(2)26-19-11-10-16(12-18(19)21)22-27(24,25)20-9-5-7-15-6-3-4-8-17(15)20/h3-12,18-19,22H,1-2H3/t18-,19+/m1/s1. The number of nitrogens with one attached hydrogen (secondary N) is 1. The molecule has 2 aromatic rings. The molecule has 4 rings (SSSR count). The number of hydrogen-bond acceptors (Lipinski definition) is 4. The molecule has 5 nitrogen and oxygen atoms in total. The third-order valence-electron chi connectivity index (χ3n) is 4.87. The van der Waals surface area contributed by atoms with Crippen LogP contribution in [0.3, 0.4) is 0 Å². The number of ether oxygens (including phenoxy) is 1. The zero-order chi connectivity index (χ0) is 19.2. The van der Waals surface area contributed by atoms with Crippen molar-refractivity contribution in [1.82, 2.24) is 4.72 Å². The van der Waals surface area contributed by atoms with E-state index in [-0.39, 0.29) is 22.7 Å². The van der Waals surface area contributed by atoms with E-state index in [4.69, 9.17) is 4.74 Å². The quantitative estimate of drug-likeness (QED) is 0.880. The van der Waals surface area contributed by atoms with Gasteiger partial charge in [-0.05, 0) is 43.5 Å². The lowest BCUT2D eigenvalue weighted by Crippen LogP contribution is -2.27. The van der Waals surface area contributed by atoms with Gasteiger partial charge in [-0.1, -0.05) is 36.4 Å². The zero-order valence-electron chi connectivity index (χ0n) is 15.0. The third-order valence-corrected chi connectivity index (χ3v) is 6.31. The second-order valence-corrected chi connectivity index (χ2v) is 8.35. The number of carbonyl (C=O) groups is 1. The molecule has 2 atom stereocenters. The zero-order valence-corrected chi connectivity index (χ0v) is 15.8. The van der Waals surface area contributed by atoms with Gasteiger partial charge in [0.2, 0.25) is 0 Å². The molecule has 138 valence electrons. The van der Waals surface area contributed by atoms with Crippen molar-refractivity contribution in [2.75, 3.05) is 0 Å². The molecule has 6 heteroatoms. The van der Waals surface area contributed by atoms with E-state index in [1.165, 1.54) is 6.92 Å². The average Bonchev–Trinajstić information content (AvgIpc) is 2.96. The summed E-state index contributed by atoms with van der Waals surface area (Å²) in [6, 6.07) is 12.5. The first-order valence-corrected chi connectivity index (χ1v) is 10.1. The van der Waals surface area contributed by atoms with E-state index in [2.05, 4.69) is 4.72 Å². The molecule has 0 amide bonds. The van der Waals surface area contributed by atoms with Gasteiger partial charge in [0, 0.05) is 16.7 Å². The molecule has 0 unspecified atom stereocenters. The van der Waals surface area contributed by atoms with Crippen molar-refractivity contribution < 1.29 is 17.9 Å². The summed E-state index contributed by atoms with van der Waals surface area (Å²) in [6.07, 6.45) is 4.95. The van der Waals surface area contributed by atoms with Gasteiger partial charge in [0.25, 0.3) is 10.0 Å². The van der Waals surface area contributed by atoms with Gasteiger partial charge in [0.05, 0.1) is 10.8 Å². The molecule has 1 aliphatic carbocycles. The predicted molar refractivity (Wildman–Crippen MR) is 103 cm³/mol. The van der Waals surface area contributed by atoms with Crippen LogP contribution in [0.15, 0.2) is 82.6 Å². The molecule has 0 aromatic heterocycles. The fraction of sp³-hybridized carbons (Fsp3) is 0.190. The normalized spacial score (nSPS) is 21.6. The lowest BCUT2D eigenvalue weighted by atomic mass is 9.88. The molecule has 0 radical (unpaired) electrons. The summed E-state index contributed by atoms with van der Waals surface area (Å²) in [5, 5.41) is 1.52. The minimum absolute atomic E-state index is 0.0668. The van der Waals surface area contributed by atoms with Crippen molar-refractivity contribution in [3.05, 3.63) is 77.7 Å². The molecule has 1 aliphatic heterocycles. The number of fused-ring (bicyclic) bond motifs is 2. The highest BCUT2D eigenvalue weighted by atomic mass is 32.2. The fourth-order valence-corrected chi connectivity index (χ4v) is 5.00. The first kappa shape index (κ1) is 17.5. The number of hydrogen-bond donors (Lipinski definition) is 1. The molecular weight excluding hydrogens is 362 g/mol. The van der Waals surface area contributed by atoms with E-state index in [0.29, 0.717) is 22.4 Å². The summed E-state index contributed by atoms with van der Waals surface area (Å²) in [7, 11) is -3.78. The summed E-state index contributed by atoms with van der Waals surface area (Å²) < 4.78 is 34.3. The van der Waals surface area contributed by atoms with Crippen molar-refractivity contribution in [3.8, 4) is 0 Å². The minimum Gasteiger partial charge on any atom is -0.490 e. The van der Waals surface area contributed by atoms with Crippen molar-refractivity contribution in [3.63, 3.8) is 0 Å². The number of carbonyl (C=O) groups excluding carboxylic acids is 1. The Morgan fingerprint density at radius 1 is 1.11 bits per heavy atom. The Morgan fingerprint density at radius 3 is 2.63 bits per heavy atom. The Morgan fingerprint density at radius 2 is 1.85 bits per heavy atom. The van der Waals surface area contributed by atoms with Gasteiger partial charge in [0.15, 0.2) is 5.78 Å². The van der Waals surface area contributed by atoms with Crippen molar-refractivity contribution in [2.24, 2.45) is 5.92 Å². The molecule has 0 bridgehead atoms. The first-order chi connectivity index (χ1) is 12.9. The van der Waals surface area contributed by atoms with Gasteiger partial charge in [-0.25, -0.2) is 8.42 Å².